The van der Waals surface area contributed by atoms with Crippen molar-refractivity contribution in [2.45, 2.75) is 99.0 Å². The van der Waals surface area contributed by atoms with E-state index in [-0.39, 0.29) is 42.9 Å². The van der Waals surface area contributed by atoms with Gasteiger partial charge in [0.2, 0.25) is 0 Å². The molecular formula is C45H53FO8S2. The Bertz CT molecular complexity index is 1850. The summed E-state index contributed by atoms with van der Waals surface area (Å²) >= 11 is 3.18. The van der Waals surface area contributed by atoms with Crippen LogP contribution in [-0.4, -0.2) is 52.5 Å². The molecule has 0 aromatic heterocycles. The first-order valence-corrected chi connectivity index (χ1v) is 20.3. The number of methoxy groups -OCH3 is 2. The van der Waals surface area contributed by atoms with Gasteiger partial charge in [0.25, 0.3) is 0 Å². The Kier molecular flexibility index (Phi) is 14.6. The van der Waals surface area contributed by atoms with Crippen molar-refractivity contribution in [1.82, 2.24) is 0 Å². The van der Waals surface area contributed by atoms with Crippen molar-refractivity contribution in [3.05, 3.63) is 117 Å². The van der Waals surface area contributed by atoms with E-state index in [1.54, 1.807) is 31.0 Å². The number of benzene rings is 4. The van der Waals surface area contributed by atoms with E-state index >= 15 is 0 Å². The number of ether oxygens (including phenoxy) is 4. The smallest absolute Gasteiger partial charge is 0.127 e. The molecule has 4 N–H and O–H groups in total. The predicted molar refractivity (Wildman–Crippen MR) is 224 cm³/mol. The molecule has 56 heavy (non-hydrogen) atoms. The molecule has 0 saturated carbocycles. The molecule has 2 aliphatic rings. The largest absolute Gasteiger partial charge is 0.496 e. The van der Waals surface area contributed by atoms with Crippen LogP contribution in [0, 0.1) is 0 Å². The van der Waals surface area contributed by atoms with Gasteiger partial charge in [-0.2, -0.15) is 0 Å². The van der Waals surface area contributed by atoms with E-state index in [2.05, 4.69) is 31.2 Å². The number of rotatable bonds is 14. The highest BCUT2D eigenvalue weighted by atomic mass is 32.2. The molecular weight excluding hydrogens is 751 g/mol. The molecule has 8 nitrogen and oxygen atoms in total. The average molecular weight is 804 g/mol. The second-order valence-electron chi connectivity index (χ2n) is 14.6. The summed E-state index contributed by atoms with van der Waals surface area (Å²) in [6, 6.07) is 19.5. The summed E-state index contributed by atoms with van der Waals surface area (Å²) in [6.07, 6.45) is 9.15. The monoisotopic (exact) mass is 803 g/mol. The number of fused-ring (bicyclic) bond motifs is 2. The minimum Gasteiger partial charge on any atom is -0.496 e. The molecule has 2 atom stereocenters. The number of thioether (sulfide) groups is 2. The van der Waals surface area contributed by atoms with Crippen LogP contribution in [-0.2, 0) is 26.4 Å². The Hall–Kier alpha value is -3.97. The van der Waals surface area contributed by atoms with Crippen molar-refractivity contribution in [3.63, 3.8) is 0 Å². The van der Waals surface area contributed by atoms with Crippen LogP contribution in [0.1, 0.15) is 96.0 Å². The molecule has 0 spiro atoms. The fraction of sp³-hybridized carbons (Fsp3) is 0.378. The maximum Gasteiger partial charge on any atom is 0.127 e. The lowest BCUT2D eigenvalue weighted by Gasteiger charge is -2.28. The molecule has 2 heterocycles. The third kappa shape index (κ3) is 10.3. The van der Waals surface area contributed by atoms with Crippen LogP contribution in [0.2, 0.25) is 0 Å². The summed E-state index contributed by atoms with van der Waals surface area (Å²) < 4.78 is 36.6. The van der Waals surface area contributed by atoms with E-state index in [0.717, 1.165) is 44.4 Å². The topological polar surface area (TPSA) is 118 Å². The van der Waals surface area contributed by atoms with Gasteiger partial charge in [0.1, 0.15) is 40.9 Å². The summed E-state index contributed by atoms with van der Waals surface area (Å²) in [6.45, 7) is 8.87. The highest BCUT2D eigenvalue weighted by molar-refractivity contribution is 7.99. The van der Waals surface area contributed by atoms with Gasteiger partial charge in [-0.3, -0.25) is 0 Å². The first-order chi connectivity index (χ1) is 26.8. The van der Waals surface area contributed by atoms with Crippen molar-refractivity contribution >= 4 is 35.7 Å². The lowest BCUT2D eigenvalue weighted by atomic mass is 10.0. The van der Waals surface area contributed by atoms with Gasteiger partial charge < -0.3 is 39.4 Å². The molecule has 4 aromatic carbocycles. The summed E-state index contributed by atoms with van der Waals surface area (Å²) in [5, 5.41) is 38.2. The Balaban J connectivity index is 0.000000214. The standard InChI is InChI=1S/C23H28O4S.C22H25FO4S/c1-5-22(16-10-17(13-24)19(14-25)21(12-16)26-4)28-18-6-7-20-15(11-18)8-9-23(2,3)27-20;1-22(2)7-6-14-9-17(4-5-19(14)27-22)28-21(11-23)15-8-16(12-24)18(13-25)20(10-15)26-3/h6-12,22,24-25H,5,13-14H2,1-4H3;4-10,21,24-25H,11-13H2,1-3H3/i;23-1. The number of aliphatic hydroxyl groups is 4. The number of alkyl halides is 1. The second-order valence-corrected chi connectivity index (χ2v) is 17.2. The lowest BCUT2D eigenvalue weighted by molar-refractivity contribution is 0.158. The summed E-state index contributed by atoms with van der Waals surface area (Å²) in [5.74, 6) is 2.78. The normalized spacial score (nSPS) is 15.6. The molecule has 300 valence electrons. The van der Waals surface area contributed by atoms with Crippen molar-refractivity contribution in [2.75, 3.05) is 20.9 Å². The van der Waals surface area contributed by atoms with Crippen LogP contribution in [0.5, 0.6) is 23.0 Å². The number of halogens is 1. The van der Waals surface area contributed by atoms with Gasteiger partial charge in [-0.15, -0.1) is 23.5 Å². The summed E-state index contributed by atoms with van der Waals surface area (Å²) in [5.41, 5.74) is 5.64. The third-order valence-corrected chi connectivity index (χ3v) is 12.2. The molecule has 6 rings (SSSR count). The molecule has 0 radical (unpaired) electrons. The van der Waals surface area contributed by atoms with Gasteiger partial charge >= 0.3 is 0 Å². The van der Waals surface area contributed by atoms with Crippen LogP contribution < -0.4 is 18.9 Å². The minimum absolute atomic E-state index is 0.127. The van der Waals surface area contributed by atoms with Crippen LogP contribution in [0.3, 0.4) is 0 Å². The van der Waals surface area contributed by atoms with Crippen molar-refractivity contribution < 1.29 is 43.8 Å². The van der Waals surface area contributed by atoms with Crippen molar-refractivity contribution in [3.8, 4) is 23.0 Å². The zero-order chi connectivity index (χ0) is 40.6. The molecule has 0 amide bonds. The molecule has 4 aromatic rings. The molecule has 2 unspecified atom stereocenters. The van der Waals surface area contributed by atoms with E-state index in [1.807, 2.05) is 76.2 Å². The van der Waals surface area contributed by atoms with Crippen molar-refractivity contribution in [2.24, 2.45) is 0 Å². The van der Waals surface area contributed by atoms with E-state index in [4.69, 9.17) is 18.9 Å². The Morgan fingerprint density at radius 1 is 0.625 bits per heavy atom. The molecule has 0 saturated heterocycles. The Labute approximate surface area is 338 Å². The minimum atomic E-state index is -0.576. The second kappa shape index (κ2) is 19.0. The molecule has 2 aliphatic heterocycles. The number of hydrogen-bond acceptors (Lipinski definition) is 10. The van der Waals surface area contributed by atoms with Crippen molar-refractivity contribution in [1.29, 1.82) is 0 Å². The van der Waals surface area contributed by atoms with Gasteiger partial charge in [0.15, 0.2) is 0 Å². The van der Waals surface area contributed by atoms with Crippen LogP contribution in [0.4, 0.5) is 4.39 Å². The Morgan fingerprint density at radius 2 is 1.05 bits per heavy atom. The highest BCUT2D eigenvalue weighted by Gasteiger charge is 2.25. The van der Waals surface area contributed by atoms with Gasteiger partial charge in [-0.1, -0.05) is 31.2 Å². The number of hydrogen-bond donors (Lipinski definition) is 4. The van der Waals surface area contributed by atoms with Gasteiger partial charge in [-0.25, -0.2) is 4.39 Å². The number of aliphatic hydroxyl groups excluding tert-OH is 4. The molecule has 11 heteroatoms. The lowest BCUT2D eigenvalue weighted by Crippen LogP contribution is -2.27. The van der Waals surface area contributed by atoms with Gasteiger partial charge in [-0.05, 0) is 117 Å². The maximum atomic E-state index is 13.9. The van der Waals surface area contributed by atoms with E-state index in [0.29, 0.717) is 39.3 Å². The Morgan fingerprint density at radius 3 is 1.43 bits per heavy atom. The van der Waals surface area contributed by atoms with E-state index in [9.17, 15) is 24.8 Å². The molecule has 0 bridgehead atoms. The van der Waals surface area contributed by atoms with Crippen LogP contribution >= 0.6 is 23.5 Å². The summed E-state index contributed by atoms with van der Waals surface area (Å²) in [7, 11) is 3.08. The summed E-state index contributed by atoms with van der Waals surface area (Å²) in [4.78, 5) is 2.08. The van der Waals surface area contributed by atoms with Gasteiger partial charge in [0.05, 0.1) is 45.9 Å². The fourth-order valence-corrected chi connectivity index (χ4v) is 8.71. The first kappa shape index (κ1) is 43.2. The maximum absolute atomic E-state index is 13.9. The zero-order valence-corrected chi connectivity index (χ0v) is 34.7. The third-order valence-electron chi connectivity index (χ3n) is 9.59. The van der Waals surface area contributed by atoms with Crippen LogP contribution in [0.15, 0.2) is 82.6 Å². The van der Waals surface area contributed by atoms with E-state index in [1.165, 1.54) is 18.9 Å². The molecule has 0 aliphatic carbocycles. The zero-order valence-electron chi connectivity index (χ0n) is 33.1. The quantitative estimate of drug-likeness (QED) is 0.0919. The van der Waals surface area contributed by atoms with E-state index < -0.39 is 11.9 Å². The van der Waals surface area contributed by atoms with Gasteiger partial charge in [0, 0.05) is 37.3 Å². The molecule has 0 fully saturated rings. The fourth-order valence-electron chi connectivity index (χ4n) is 6.60. The SMILES string of the molecule is CCC(Sc1ccc2c(c1)C=CC(C)(C)O2)c1cc(CO)c(CO)c(OC)c1.COc1cc(C(C[18F])Sc2ccc3c(c2)C=CC(C)(C)O3)cc(CO)c1CO. The predicted octanol–water partition coefficient (Wildman–Crippen LogP) is 9.77. The first-order valence-electron chi connectivity index (χ1n) is 18.6. The van der Waals surface area contributed by atoms with Crippen LogP contribution in [0.25, 0.3) is 12.2 Å². The highest BCUT2D eigenvalue weighted by Crippen LogP contribution is 2.44. The average Bonchev–Trinajstić information content (AvgIpc) is 3.20.